The molecule has 1 unspecified atom stereocenters. The van der Waals surface area contributed by atoms with Gasteiger partial charge in [-0.3, -0.25) is 4.21 Å². The summed E-state index contributed by atoms with van der Waals surface area (Å²) in [5.41, 5.74) is 0. The highest BCUT2D eigenvalue weighted by atomic mass is 32.2. The van der Waals surface area contributed by atoms with Gasteiger partial charge in [-0.25, -0.2) is 0 Å². The van der Waals surface area contributed by atoms with Crippen LogP contribution in [0.2, 0.25) is 0 Å². The number of hydrogen-bond donors (Lipinski definition) is 1. The van der Waals surface area contributed by atoms with E-state index in [0.29, 0.717) is 0 Å². The number of rotatable bonds is 2. The van der Waals surface area contributed by atoms with Crippen molar-refractivity contribution in [3.8, 4) is 0 Å². The molecule has 0 amide bonds. The third-order valence-electron chi connectivity index (χ3n) is 0.559. The molecular weight excluding hydrogens is 180 g/mol. The molecule has 0 heterocycles. The summed E-state index contributed by atoms with van der Waals surface area (Å²) >= 11 is -4.33. The monoisotopic (exact) mass is 181 g/mol. The van der Waals surface area contributed by atoms with Crippen molar-refractivity contribution < 1.29 is 31.4 Å². The number of aliphatic hydroxyl groups is 1. The van der Waals surface area contributed by atoms with Gasteiger partial charge in [-0.1, -0.05) is 0 Å². The standard InChI is InChI=1S/C2H2F4O3S/c3-1(4,7)2(5,6)10(8)9/h7H,(H,8,9)/p-1. The van der Waals surface area contributed by atoms with Gasteiger partial charge in [-0.15, -0.1) is 0 Å². The van der Waals surface area contributed by atoms with E-state index in [2.05, 4.69) is 0 Å². The first-order chi connectivity index (χ1) is 4.19. The fourth-order valence-corrected chi connectivity index (χ4v) is 0.301. The Bertz CT molecular complexity index is 151. The Morgan fingerprint density at radius 2 is 1.60 bits per heavy atom. The molecule has 0 aromatic heterocycles. The summed E-state index contributed by atoms with van der Waals surface area (Å²) in [7, 11) is 0. The molecule has 0 rings (SSSR count). The topological polar surface area (TPSA) is 60.4 Å². The Hall–Kier alpha value is -0.210. The summed E-state index contributed by atoms with van der Waals surface area (Å²) in [6.07, 6.45) is -5.53. The largest absolute Gasteiger partial charge is 0.768 e. The lowest BCUT2D eigenvalue weighted by atomic mass is 10.7. The summed E-state index contributed by atoms with van der Waals surface area (Å²) in [6, 6.07) is 0. The van der Waals surface area contributed by atoms with Gasteiger partial charge in [-0.2, -0.15) is 17.6 Å². The summed E-state index contributed by atoms with van der Waals surface area (Å²) in [4.78, 5) is 0. The molecular formula is C2HF4O3S-. The zero-order valence-corrected chi connectivity index (χ0v) is 5.00. The van der Waals surface area contributed by atoms with Crippen molar-refractivity contribution in [3.05, 3.63) is 0 Å². The van der Waals surface area contributed by atoms with Crippen LogP contribution in [0.5, 0.6) is 0 Å². The predicted octanol–water partition coefficient (Wildman–Crippen LogP) is 0.0434. The van der Waals surface area contributed by atoms with Crippen molar-refractivity contribution >= 4 is 11.1 Å². The third kappa shape index (κ3) is 1.64. The quantitative estimate of drug-likeness (QED) is 0.483. The summed E-state index contributed by atoms with van der Waals surface area (Å²) < 4.78 is 63.8. The van der Waals surface area contributed by atoms with E-state index >= 15 is 0 Å². The molecule has 0 aromatic rings. The van der Waals surface area contributed by atoms with Crippen molar-refractivity contribution in [3.63, 3.8) is 0 Å². The predicted molar refractivity (Wildman–Crippen MR) is 21.0 cm³/mol. The van der Waals surface area contributed by atoms with Crippen LogP contribution in [-0.4, -0.2) is 25.2 Å². The van der Waals surface area contributed by atoms with Gasteiger partial charge in [-0.05, 0) is 0 Å². The van der Waals surface area contributed by atoms with Gasteiger partial charge in [0.2, 0.25) is 0 Å². The minimum Gasteiger partial charge on any atom is -0.768 e. The number of hydrogen-bond acceptors (Lipinski definition) is 3. The molecule has 0 aliphatic carbocycles. The molecule has 0 bridgehead atoms. The van der Waals surface area contributed by atoms with Gasteiger partial charge in [0, 0.05) is 11.1 Å². The van der Waals surface area contributed by atoms with Crippen LogP contribution in [0.3, 0.4) is 0 Å². The maximum absolute atomic E-state index is 11.4. The first-order valence-electron chi connectivity index (χ1n) is 1.77. The Morgan fingerprint density at radius 3 is 1.60 bits per heavy atom. The van der Waals surface area contributed by atoms with E-state index in [1.165, 1.54) is 0 Å². The van der Waals surface area contributed by atoms with Crippen LogP contribution in [0, 0.1) is 0 Å². The van der Waals surface area contributed by atoms with E-state index in [4.69, 9.17) is 5.11 Å². The molecule has 0 aromatic carbocycles. The van der Waals surface area contributed by atoms with Crippen LogP contribution >= 0.6 is 0 Å². The third-order valence-corrected chi connectivity index (χ3v) is 1.22. The lowest BCUT2D eigenvalue weighted by molar-refractivity contribution is -0.290. The maximum Gasteiger partial charge on any atom is 0.428 e. The first-order valence-corrected chi connectivity index (χ1v) is 2.84. The van der Waals surface area contributed by atoms with Crippen LogP contribution in [-0.2, 0) is 11.1 Å². The van der Waals surface area contributed by atoms with Gasteiger partial charge in [0.05, 0.1) is 0 Å². The van der Waals surface area contributed by atoms with E-state index < -0.39 is 22.4 Å². The van der Waals surface area contributed by atoms with E-state index in [-0.39, 0.29) is 0 Å². The van der Waals surface area contributed by atoms with Crippen molar-refractivity contribution in [2.24, 2.45) is 0 Å². The highest BCUT2D eigenvalue weighted by Gasteiger charge is 2.56. The molecule has 1 atom stereocenters. The zero-order chi connectivity index (χ0) is 8.58. The average Bonchev–Trinajstić information content (AvgIpc) is 1.62. The Morgan fingerprint density at radius 1 is 1.30 bits per heavy atom. The minimum absolute atomic E-state index is 4.33. The summed E-state index contributed by atoms with van der Waals surface area (Å²) in [5.74, 6) is 0. The van der Waals surface area contributed by atoms with Crippen molar-refractivity contribution in [2.75, 3.05) is 0 Å². The van der Waals surface area contributed by atoms with Gasteiger partial charge in [0.1, 0.15) is 0 Å². The highest BCUT2D eigenvalue weighted by molar-refractivity contribution is 7.80. The fourth-order valence-electron chi connectivity index (χ4n) is 0.100. The molecule has 0 spiro atoms. The number of alkyl halides is 4. The molecule has 0 aliphatic heterocycles. The van der Waals surface area contributed by atoms with E-state index in [0.717, 1.165) is 0 Å². The lowest BCUT2D eigenvalue weighted by Gasteiger charge is -2.22. The molecule has 0 fully saturated rings. The maximum atomic E-state index is 11.4. The average molecular weight is 181 g/mol. The van der Waals surface area contributed by atoms with Crippen LogP contribution in [0.4, 0.5) is 17.6 Å². The van der Waals surface area contributed by atoms with Crippen LogP contribution < -0.4 is 0 Å². The Balaban J connectivity index is 4.57. The normalized spacial score (nSPS) is 17.0. The Kier molecular flexibility index (Phi) is 2.39. The van der Waals surface area contributed by atoms with Crippen LogP contribution in [0.15, 0.2) is 0 Å². The molecule has 0 saturated carbocycles. The smallest absolute Gasteiger partial charge is 0.428 e. The minimum atomic E-state index is -5.53. The van der Waals surface area contributed by atoms with Crippen LogP contribution in [0.25, 0.3) is 0 Å². The van der Waals surface area contributed by atoms with Crippen LogP contribution in [0.1, 0.15) is 0 Å². The summed E-state index contributed by atoms with van der Waals surface area (Å²) in [6.45, 7) is 0. The summed E-state index contributed by atoms with van der Waals surface area (Å²) in [5, 5.41) is 1.82. The van der Waals surface area contributed by atoms with Crippen molar-refractivity contribution in [1.82, 2.24) is 0 Å². The van der Waals surface area contributed by atoms with E-state index in [1.54, 1.807) is 0 Å². The first kappa shape index (κ1) is 9.79. The zero-order valence-electron chi connectivity index (χ0n) is 4.18. The van der Waals surface area contributed by atoms with Gasteiger partial charge >= 0.3 is 11.4 Å². The fraction of sp³-hybridized carbons (Fsp3) is 1.00. The molecule has 0 radical (unpaired) electrons. The van der Waals surface area contributed by atoms with E-state index in [1.807, 2.05) is 0 Å². The molecule has 3 nitrogen and oxygen atoms in total. The second-order valence-corrected chi connectivity index (χ2v) is 2.27. The lowest BCUT2D eigenvalue weighted by Crippen LogP contribution is -2.43. The van der Waals surface area contributed by atoms with Gasteiger partial charge in [0.15, 0.2) is 0 Å². The molecule has 1 N–H and O–H groups in total. The molecule has 8 heteroatoms. The molecule has 0 aliphatic rings. The van der Waals surface area contributed by atoms with Gasteiger partial charge < -0.3 is 9.66 Å². The molecule has 10 heavy (non-hydrogen) atoms. The van der Waals surface area contributed by atoms with Crippen molar-refractivity contribution in [1.29, 1.82) is 0 Å². The highest BCUT2D eigenvalue weighted by Crippen LogP contribution is 2.33. The number of halogens is 4. The second kappa shape index (κ2) is 2.44. The van der Waals surface area contributed by atoms with E-state index in [9.17, 15) is 26.3 Å². The Labute approximate surface area is 54.9 Å². The second-order valence-electron chi connectivity index (χ2n) is 1.29. The van der Waals surface area contributed by atoms with Gasteiger partial charge in [0.25, 0.3) is 0 Å². The molecule has 62 valence electrons. The SMILES string of the molecule is O=S([O-])C(F)(F)C(O)(F)F. The van der Waals surface area contributed by atoms with Crippen molar-refractivity contribution in [2.45, 2.75) is 11.4 Å². The molecule has 0 saturated heterocycles.